The number of amides is 2. The average Bonchev–Trinajstić information content (AvgIpc) is 3.38. The van der Waals surface area contributed by atoms with E-state index in [-0.39, 0.29) is 5.56 Å². The van der Waals surface area contributed by atoms with Crippen molar-refractivity contribution in [3.63, 3.8) is 0 Å². The zero-order chi connectivity index (χ0) is 25.1. The van der Waals surface area contributed by atoms with Crippen LogP contribution in [0.2, 0.25) is 0 Å². The number of hydrogen-bond donors (Lipinski definition) is 3. The van der Waals surface area contributed by atoms with Gasteiger partial charge in [0.15, 0.2) is 5.41 Å². The van der Waals surface area contributed by atoms with Crippen molar-refractivity contribution < 1.29 is 29.4 Å². The predicted molar refractivity (Wildman–Crippen MR) is 129 cm³/mol. The molecule has 8 nitrogen and oxygen atoms in total. The highest BCUT2D eigenvalue weighted by Gasteiger charge is 2.65. The van der Waals surface area contributed by atoms with Gasteiger partial charge in [0.1, 0.15) is 17.5 Å². The molecule has 4 unspecified atom stereocenters. The third-order valence-corrected chi connectivity index (χ3v) is 8.93. The highest BCUT2D eigenvalue weighted by molar-refractivity contribution is 8.01. The Bertz CT molecular complexity index is 1250. The molecule has 182 valence electrons. The van der Waals surface area contributed by atoms with Crippen molar-refractivity contribution in [1.29, 1.82) is 0 Å². The standard InChI is InChI=1S/C26H26N2O6S/c1-25(2)19(22(30)31)28-20(29)18(21(28)35-25)27-23(32)26(24(33)34,16-9-4-3-5-10-16)17-12-11-14-7-6-8-15(14)13-17/h3-5,9-13,18-19,21H,6-8H2,1-2H3,(H,27,32)(H,30,31)(H,33,34). The zero-order valence-corrected chi connectivity index (χ0v) is 20.2. The molecule has 2 aromatic carbocycles. The molecule has 4 atom stereocenters. The lowest BCUT2D eigenvalue weighted by Gasteiger charge is -2.44. The van der Waals surface area contributed by atoms with Crippen molar-refractivity contribution in [2.24, 2.45) is 0 Å². The fraction of sp³-hybridized carbons (Fsp3) is 0.385. The molecule has 2 aromatic rings. The lowest BCUT2D eigenvalue weighted by molar-refractivity contribution is -0.162. The van der Waals surface area contributed by atoms with Gasteiger partial charge in [-0.25, -0.2) is 4.79 Å². The van der Waals surface area contributed by atoms with Crippen LogP contribution in [-0.4, -0.2) is 61.1 Å². The van der Waals surface area contributed by atoms with Gasteiger partial charge in [0.25, 0.3) is 0 Å². The van der Waals surface area contributed by atoms with E-state index in [9.17, 15) is 29.4 Å². The number of carboxylic acids is 2. The van der Waals surface area contributed by atoms with E-state index < -0.39 is 51.4 Å². The molecule has 3 aliphatic rings. The Hall–Kier alpha value is -3.33. The predicted octanol–water partition coefficient (Wildman–Crippen LogP) is 2.18. The minimum atomic E-state index is -2.06. The summed E-state index contributed by atoms with van der Waals surface area (Å²) in [6, 6.07) is 11.6. The summed E-state index contributed by atoms with van der Waals surface area (Å²) in [4.78, 5) is 53.0. The van der Waals surface area contributed by atoms with Gasteiger partial charge < -0.3 is 20.4 Å². The monoisotopic (exact) mass is 494 g/mol. The summed E-state index contributed by atoms with van der Waals surface area (Å²) in [6.45, 7) is 3.49. The van der Waals surface area contributed by atoms with Crippen molar-refractivity contribution in [3.8, 4) is 0 Å². The minimum absolute atomic E-state index is 0.286. The van der Waals surface area contributed by atoms with Crippen molar-refractivity contribution >= 4 is 35.5 Å². The second-order valence-electron chi connectivity index (χ2n) is 9.81. The third-order valence-electron chi connectivity index (χ3n) is 7.36. The van der Waals surface area contributed by atoms with Crippen LogP contribution >= 0.6 is 11.8 Å². The quantitative estimate of drug-likeness (QED) is 0.415. The first kappa shape index (κ1) is 23.4. The van der Waals surface area contributed by atoms with E-state index in [4.69, 9.17) is 0 Å². The molecule has 0 bridgehead atoms. The Morgan fingerprint density at radius 1 is 1.03 bits per heavy atom. The summed E-state index contributed by atoms with van der Waals surface area (Å²) in [6.07, 6.45) is 2.71. The van der Waals surface area contributed by atoms with E-state index in [1.807, 2.05) is 6.07 Å². The SMILES string of the molecule is CC1(C)SC2C(NC(=O)C(C(=O)O)(c3ccccc3)c3ccc4c(c3)CCC4)C(=O)N2C1C(=O)O. The van der Waals surface area contributed by atoms with Crippen LogP contribution in [0.1, 0.15) is 42.5 Å². The molecule has 2 heterocycles. The Kier molecular flexibility index (Phi) is 5.43. The van der Waals surface area contributed by atoms with Crippen molar-refractivity contribution in [2.75, 3.05) is 0 Å². The van der Waals surface area contributed by atoms with E-state index in [0.717, 1.165) is 30.4 Å². The number of nitrogens with one attached hydrogen (secondary N) is 1. The average molecular weight is 495 g/mol. The molecule has 5 rings (SSSR count). The normalized spacial score (nSPS) is 25.7. The number of carboxylic acid groups (broad SMARTS) is 2. The van der Waals surface area contributed by atoms with Gasteiger partial charge in [-0.2, -0.15) is 0 Å². The fourth-order valence-electron chi connectivity index (χ4n) is 5.66. The molecule has 0 radical (unpaired) electrons. The minimum Gasteiger partial charge on any atom is -0.480 e. The van der Waals surface area contributed by atoms with E-state index in [2.05, 4.69) is 5.32 Å². The Morgan fingerprint density at radius 2 is 1.71 bits per heavy atom. The van der Waals surface area contributed by atoms with Crippen molar-refractivity contribution in [1.82, 2.24) is 10.2 Å². The number of carbonyl (C=O) groups is 4. The number of benzene rings is 2. The number of fused-ring (bicyclic) bond motifs is 2. The van der Waals surface area contributed by atoms with Gasteiger partial charge in [-0.15, -0.1) is 11.8 Å². The number of nitrogens with zero attached hydrogens (tertiary/aromatic N) is 1. The van der Waals surface area contributed by atoms with E-state index >= 15 is 0 Å². The van der Waals surface area contributed by atoms with E-state index in [1.54, 1.807) is 56.3 Å². The number of aliphatic carboxylic acids is 2. The molecule has 2 aliphatic heterocycles. The smallest absolute Gasteiger partial charge is 0.328 e. The number of β-lactam (4-membered cyclic amide) rings is 1. The molecular weight excluding hydrogens is 468 g/mol. The molecule has 3 N–H and O–H groups in total. The maximum absolute atomic E-state index is 13.9. The van der Waals surface area contributed by atoms with Gasteiger partial charge in [-0.1, -0.05) is 48.5 Å². The molecular formula is C26H26N2O6S. The van der Waals surface area contributed by atoms with Crippen LogP contribution in [0, 0.1) is 0 Å². The first-order chi connectivity index (χ1) is 16.6. The Labute approximate surface area is 206 Å². The van der Waals surface area contributed by atoms with Gasteiger partial charge in [0, 0.05) is 4.75 Å². The van der Waals surface area contributed by atoms with E-state index in [0.29, 0.717) is 5.56 Å². The van der Waals surface area contributed by atoms with Gasteiger partial charge in [0.2, 0.25) is 11.8 Å². The first-order valence-corrected chi connectivity index (χ1v) is 12.4. The van der Waals surface area contributed by atoms with Crippen LogP contribution in [0.5, 0.6) is 0 Å². The Balaban J connectivity index is 1.55. The second-order valence-corrected chi connectivity index (χ2v) is 11.6. The van der Waals surface area contributed by atoms with Gasteiger partial charge in [0.05, 0.1) is 0 Å². The molecule has 2 amide bonds. The molecule has 2 saturated heterocycles. The third kappa shape index (κ3) is 3.36. The molecule has 35 heavy (non-hydrogen) atoms. The number of hydrogen-bond acceptors (Lipinski definition) is 5. The summed E-state index contributed by atoms with van der Waals surface area (Å²) >= 11 is 1.30. The fourth-order valence-corrected chi connectivity index (χ4v) is 7.29. The summed E-state index contributed by atoms with van der Waals surface area (Å²) < 4.78 is -0.755. The van der Waals surface area contributed by atoms with Crippen LogP contribution in [0.15, 0.2) is 48.5 Å². The van der Waals surface area contributed by atoms with Crippen LogP contribution < -0.4 is 5.32 Å². The summed E-state index contributed by atoms with van der Waals surface area (Å²) in [7, 11) is 0. The Morgan fingerprint density at radius 3 is 2.37 bits per heavy atom. The first-order valence-electron chi connectivity index (χ1n) is 11.5. The maximum atomic E-state index is 13.9. The molecule has 2 fully saturated rings. The molecule has 1 aliphatic carbocycles. The topological polar surface area (TPSA) is 124 Å². The van der Waals surface area contributed by atoms with Gasteiger partial charge in [-0.05, 0) is 55.4 Å². The summed E-state index contributed by atoms with van der Waals surface area (Å²) in [5.74, 6) is -3.78. The zero-order valence-electron chi connectivity index (χ0n) is 19.4. The van der Waals surface area contributed by atoms with Crippen molar-refractivity contribution in [3.05, 3.63) is 70.8 Å². The lowest BCUT2D eigenvalue weighted by Crippen LogP contribution is -2.72. The van der Waals surface area contributed by atoms with E-state index in [1.165, 1.54) is 16.7 Å². The maximum Gasteiger partial charge on any atom is 0.328 e. The van der Waals surface area contributed by atoms with Crippen LogP contribution in [0.4, 0.5) is 0 Å². The van der Waals surface area contributed by atoms with Crippen LogP contribution in [-0.2, 0) is 37.4 Å². The van der Waals surface area contributed by atoms with Gasteiger partial charge in [-0.3, -0.25) is 14.4 Å². The largest absolute Gasteiger partial charge is 0.480 e. The molecule has 9 heteroatoms. The molecule has 0 saturated carbocycles. The van der Waals surface area contributed by atoms with Crippen molar-refractivity contribution in [2.45, 2.75) is 60.7 Å². The van der Waals surface area contributed by atoms with Crippen LogP contribution in [0.25, 0.3) is 0 Å². The lowest BCUT2D eigenvalue weighted by atomic mass is 9.72. The highest BCUT2D eigenvalue weighted by atomic mass is 32.2. The molecule has 0 spiro atoms. The summed E-state index contributed by atoms with van der Waals surface area (Å²) in [5.41, 5.74) is 0.732. The molecule has 0 aromatic heterocycles. The van der Waals surface area contributed by atoms with Crippen LogP contribution in [0.3, 0.4) is 0 Å². The summed E-state index contributed by atoms with van der Waals surface area (Å²) in [5, 5.41) is 22.3. The highest BCUT2D eigenvalue weighted by Crippen LogP contribution is 2.51. The number of carbonyl (C=O) groups excluding carboxylic acids is 2. The second kappa shape index (κ2) is 8.12. The number of thioether (sulfide) groups is 1. The number of rotatable bonds is 6. The number of aryl methyl sites for hydroxylation is 2. The van der Waals surface area contributed by atoms with Gasteiger partial charge >= 0.3 is 11.9 Å².